The van der Waals surface area contributed by atoms with Crippen molar-refractivity contribution in [2.24, 2.45) is 0 Å². The molecular weight excluding hydrogens is 219 g/mol. The normalized spacial score (nSPS) is 13.0. The maximum absolute atomic E-state index is 12.2. The minimum absolute atomic E-state index is 0.646. The maximum atomic E-state index is 12.2. The molecule has 0 spiro atoms. The van der Waals surface area contributed by atoms with Crippen LogP contribution in [0.25, 0.3) is 11.1 Å². The van der Waals surface area contributed by atoms with Crippen LogP contribution in [0, 0.1) is 0 Å². The van der Waals surface area contributed by atoms with Gasteiger partial charge in [-0.15, -0.1) is 0 Å². The van der Waals surface area contributed by atoms with E-state index in [9.17, 15) is 9.32 Å². The highest BCUT2D eigenvalue weighted by Crippen LogP contribution is 2.44. The van der Waals surface area contributed by atoms with Crippen LogP contribution in [-0.4, -0.2) is 5.97 Å². The van der Waals surface area contributed by atoms with Crippen LogP contribution in [0.3, 0.4) is 0 Å². The van der Waals surface area contributed by atoms with E-state index in [1.54, 1.807) is 0 Å². The largest absolute Gasteiger partial charge is 0.360 e. The van der Waals surface area contributed by atoms with Gasteiger partial charge in [0.2, 0.25) is 0 Å². The molecule has 0 unspecified atom stereocenters. The average Bonchev–Trinajstić information content (AvgIpc) is 2.72. The third-order valence-corrected chi connectivity index (χ3v) is 3.15. The SMILES string of the molecule is O=C(OF)C1c2ccccc2-c2ccccc21. The minimum Gasteiger partial charge on any atom is -0.254 e. The van der Waals surface area contributed by atoms with Gasteiger partial charge in [-0.2, -0.15) is 0 Å². The molecule has 0 fully saturated rings. The first-order chi connectivity index (χ1) is 8.33. The number of carbonyl (C=O) groups excluding carboxylic acids is 1. The van der Waals surface area contributed by atoms with Crippen molar-refractivity contribution in [2.45, 2.75) is 5.92 Å². The summed E-state index contributed by atoms with van der Waals surface area (Å²) in [4.78, 5) is 15.0. The predicted octanol–water partition coefficient (Wildman–Crippen LogP) is 3.23. The Bertz CT molecular complexity index is 547. The Morgan fingerprint density at radius 2 is 1.41 bits per heavy atom. The van der Waals surface area contributed by atoms with Gasteiger partial charge in [-0.05, 0) is 22.3 Å². The van der Waals surface area contributed by atoms with Crippen molar-refractivity contribution in [1.29, 1.82) is 0 Å². The third kappa shape index (κ3) is 1.35. The molecule has 0 atom stereocenters. The molecular formula is C14H9FO2. The standard InChI is InChI=1S/C14H9FO2/c15-17-14(16)13-11-7-3-1-5-9(11)10-6-2-4-8-12(10)13/h1-8,13H. The fourth-order valence-electron chi connectivity index (χ4n) is 2.45. The van der Waals surface area contributed by atoms with E-state index in [2.05, 4.69) is 4.94 Å². The van der Waals surface area contributed by atoms with E-state index in [4.69, 9.17) is 0 Å². The van der Waals surface area contributed by atoms with Gasteiger partial charge in [0.05, 0.1) is 0 Å². The lowest BCUT2D eigenvalue weighted by molar-refractivity contribution is -0.184. The molecule has 3 heteroatoms. The van der Waals surface area contributed by atoms with E-state index in [0.29, 0.717) is 0 Å². The molecule has 0 heterocycles. The lowest BCUT2D eigenvalue weighted by atomic mass is 9.97. The van der Waals surface area contributed by atoms with Gasteiger partial charge < -0.3 is 0 Å². The van der Waals surface area contributed by atoms with Crippen molar-refractivity contribution in [1.82, 2.24) is 0 Å². The molecule has 1 aliphatic rings. The zero-order valence-electron chi connectivity index (χ0n) is 8.89. The molecule has 2 aromatic rings. The summed E-state index contributed by atoms with van der Waals surface area (Å²) in [6.45, 7) is 0. The molecule has 2 nitrogen and oxygen atoms in total. The van der Waals surface area contributed by atoms with Crippen LogP contribution in [-0.2, 0) is 9.74 Å². The van der Waals surface area contributed by atoms with Gasteiger partial charge in [0.1, 0.15) is 5.92 Å². The van der Waals surface area contributed by atoms with Crippen LogP contribution in [0.15, 0.2) is 48.5 Å². The average molecular weight is 228 g/mol. The van der Waals surface area contributed by atoms with Gasteiger partial charge in [0.15, 0.2) is 0 Å². The highest BCUT2D eigenvalue weighted by molar-refractivity contribution is 5.93. The Morgan fingerprint density at radius 3 is 1.88 bits per heavy atom. The summed E-state index contributed by atoms with van der Waals surface area (Å²) in [5.74, 6) is -1.50. The monoisotopic (exact) mass is 228 g/mol. The lowest BCUT2D eigenvalue weighted by Crippen LogP contribution is -2.11. The number of halogens is 1. The first-order valence-electron chi connectivity index (χ1n) is 5.33. The van der Waals surface area contributed by atoms with Crippen molar-refractivity contribution in [3.05, 3.63) is 59.7 Å². The van der Waals surface area contributed by atoms with Gasteiger partial charge in [-0.25, -0.2) is 4.79 Å². The van der Waals surface area contributed by atoms with Crippen molar-refractivity contribution in [3.63, 3.8) is 0 Å². The molecule has 2 aromatic carbocycles. The molecule has 84 valence electrons. The zero-order valence-corrected chi connectivity index (χ0v) is 8.89. The zero-order chi connectivity index (χ0) is 11.8. The Balaban J connectivity index is 2.27. The molecule has 0 aromatic heterocycles. The quantitative estimate of drug-likeness (QED) is 0.749. The summed E-state index contributed by atoms with van der Waals surface area (Å²) in [7, 11) is 0. The van der Waals surface area contributed by atoms with Crippen molar-refractivity contribution in [3.8, 4) is 11.1 Å². The van der Waals surface area contributed by atoms with Gasteiger partial charge in [-0.1, -0.05) is 48.5 Å². The Labute approximate surface area is 97.6 Å². The van der Waals surface area contributed by atoms with Crippen molar-refractivity contribution in [2.75, 3.05) is 0 Å². The van der Waals surface area contributed by atoms with E-state index in [0.717, 1.165) is 22.3 Å². The summed E-state index contributed by atoms with van der Waals surface area (Å²) in [5.41, 5.74) is 3.55. The molecule has 0 radical (unpaired) electrons. The van der Waals surface area contributed by atoms with Gasteiger partial charge >= 0.3 is 5.97 Å². The first-order valence-corrected chi connectivity index (χ1v) is 5.33. The first kappa shape index (κ1) is 10.0. The van der Waals surface area contributed by atoms with Crippen LogP contribution in [0.2, 0.25) is 0 Å². The summed E-state index contributed by atoms with van der Waals surface area (Å²) >= 11 is 0. The van der Waals surface area contributed by atoms with Crippen molar-refractivity contribution >= 4 is 5.97 Å². The highest BCUT2D eigenvalue weighted by Gasteiger charge is 2.35. The van der Waals surface area contributed by atoms with E-state index < -0.39 is 11.9 Å². The lowest BCUT2D eigenvalue weighted by Gasteiger charge is -2.07. The summed E-state index contributed by atoms with van der Waals surface area (Å²) in [6, 6.07) is 15.0. The second-order valence-electron chi connectivity index (χ2n) is 4.00. The molecule has 1 aliphatic carbocycles. The Morgan fingerprint density at radius 1 is 0.941 bits per heavy atom. The van der Waals surface area contributed by atoms with Crippen LogP contribution < -0.4 is 0 Å². The van der Waals surface area contributed by atoms with Gasteiger partial charge in [0, 0.05) is 4.53 Å². The van der Waals surface area contributed by atoms with E-state index in [1.165, 1.54) is 0 Å². The molecule has 0 aliphatic heterocycles. The van der Waals surface area contributed by atoms with E-state index in [1.807, 2.05) is 48.5 Å². The third-order valence-electron chi connectivity index (χ3n) is 3.15. The van der Waals surface area contributed by atoms with E-state index in [-0.39, 0.29) is 0 Å². The molecule has 3 rings (SSSR count). The fourth-order valence-corrected chi connectivity index (χ4v) is 2.45. The minimum atomic E-state index is -0.859. The van der Waals surface area contributed by atoms with Crippen molar-refractivity contribution < 1.29 is 14.3 Å². The number of hydrogen-bond donors (Lipinski definition) is 0. The summed E-state index contributed by atoms with van der Waals surface area (Å²) < 4.78 is 12.2. The Hall–Kier alpha value is -2.16. The summed E-state index contributed by atoms with van der Waals surface area (Å²) in [6.07, 6.45) is 0. The topological polar surface area (TPSA) is 26.3 Å². The number of fused-ring (bicyclic) bond motifs is 3. The summed E-state index contributed by atoms with van der Waals surface area (Å²) in [5, 5.41) is 0. The molecule has 0 saturated carbocycles. The predicted molar refractivity (Wildman–Crippen MR) is 60.9 cm³/mol. The van der Waals surface area contributed by atoms with Crippen LogP contribution in [0.1, 0.15) is 17.0 Å². The number of hydrogen-bond acceptors (Lipinski definition) is 2. The number of rotatable bonds is 1. The second kappa shape index (κ2) is 3.70. The molecule has 0 bridgehead atoms. The van der Waals surface area contributed by atoms with Gasteiger partial charge in [-0.3, -0.25) is 4.94 Å². The van der Waals surface area contributed by atoms with Gasteiger partial charge in [0.25, 0.3) is 0 Å². The second-order valence-corrected chi connectivity index (χ2v) is 4.00. The maximum Gasteiger partial charge on any atom is 0.360 e. The smallest absolute Gasteiger partial charge is 0.254 e. The molecule has 0 N–H and O–H groups in total. The number of benzene rings is 2. The van der Waals surface area contributed by atoms with Crippen LogP contribution in [0.5, 0.6) is 0 Å². The molecule has 17 heavy (non-hydrogen) atoms. The van der Waals surface area contributed by atoms with Crippen LogP contribution >= 0.6 is 0 Å². The molecule has 0 amide bonds. The fraction of sp³-hybridized carbons (Fsp3) is 0.0714. The van der Waals surface area contributed by atoms with Crippen LogP contribution in [0.4, 0.5) is 4.53 Å². The van der Waals surface area contributed by atoms with E-state index >= 15 is 0 Å². The highest BCUT2D eigenvalue weighted by atomic mass is 19.3. The Kier molecular flexibility index (Phi) is 2.18. The number of carbonyl (C=O) groups is 1. The molecule has 0 saturated heterocycles.